The van der Waals surface area contributed by atoms with Crippen LogP contribution in [0.5, 0.6) is 0 Å². The Morgan fingerprint density at radius 2 is 1.71 bits per heavy atom. The van der Waals surface area contributed by atoms with Crippen molar-refractivity contribution in [2.24, 2.45) is 0 Å². The summed E-state index contributed by atoms with van der Waals surface area (Å²) >= 11 is 0. The van der Waals surface area contributed by atoms with Crippen LogP contribution in [0.25, 0.3) is 0 Å². The van der Waals surface area contributed by atoms with E-state index in [2.05, 4.69) is 10.6 Å². The fourth-order valence-electron chi connectivity index (χ4n) is 1.78. The van der Waals surface area contributed by atoms with Crippen molar-refractivity contribution in [3.63, 3.8) is 0 Å². The number of urea groups is 1. The fraction of sp³-hybridized carbons (Fsp3) is 0.294. The van der Waals surface area contributed by atoms with E-state index in [9.17, 15) is 9.59 Å². The van der Waals surface area contributed by atoms with Crippen molar-refractivity contribution in [1.82, 2.24) is 5.32 Å². The number of carbonyl (C=O) groups excluding carboxylic acids is 2. The molecule has 1 rings (SSSR count). The predicted molar refractivity (Wildman–Crippen MR) is 86.2 cm³/mol. The van der Waals surface area contributed by atoms with Gasteiger partial charge >= 0.3 is 6.03 Å². The molecular weight excluding hydrogens is 264 g/mol. The molecule has 0 saturated carbocycles. The van der Waals surface area contributed by atoms with Gasteiger partial charge in [0.1, 0.15) is 5.78 Å². The molecule has 1 aromatic carbocycles. The van der Waals surface area contributed by atoms with Crippen molar-refractivity contribution in [3.05, 3.63) is 53.3 Å². The molecule has 0 unspecified atom stereocenters. The third kappa shape index (κ3) is 6.08. The van der Waals surface area contributed by atoms with Gasteiger partial charge in [0.25, 0.3) is 0 Å². The summed E-state index contributed by atoms with van der Waals surface area (Å²) in [5, 5.41) is 5.56. The highest BCUT2D eigenvalue weighted by Gasteiger charge is 2.04. The van der Waals surface area contributed by atoms with Crippen molar-refractivity contribution in [2.45, 2.75) is 34.1 Å². The maximum Gasteiger partial charge on any atom is 0.323 e. The SMILES string of the molecule is C/C=C\C(NC(=O)Nc1ccc(CC(C)=O)cc1)=C(C)C. The largest absolute Gasteiger partial charge is 0.323 e. The second-order valence-corrected chi connectivity index (χ2v) is 5.07. The van der Waals surface area contributed by atoms with Crippen LogP contribution in [0.4, 0.5) is 10.5 Å². The van der Waals surface area contributed by atoms with E-state index in [0.29, 0.717) is 12.1 Å². The Morgan fingerprint density at radius 1 is 1.10 bits per heavy atom. The minimum absolute atomic E-state index is 0.119. The number of benzene rings is 1. The Kier molecular flexibility index (Phi) is 6.40. The first-order chi connectivity index (χ1) is 9.92. The molecule has 1 aromatic rings. The van der Waals surface area contributed by atoms with Gasteiger partial charge in [-0.2, -0.15) is 0 Å². The second-order valence-electron chi connectivity index (χ2n) is 5.07. The van der Waals surface area contributed by atoms with Crippen LogP contribution in [-0.4, -0.2) is 11.8 Å². The van der Waals surface area contributed by atoms with Gasteiger partial charge in [0.2, 0.25) is 0 Å². The normalized spacial score (nSPS) is 10.3. The average molecular weight is 286 g/mol. The number of nitrogens with one attached hydrogen (secondary N) is 2. The van der Waals surface area contributed by atoms with Crippen molar-refractivity contribution in [2.75, 3.05) is 5.32 Å². The van der Waals surface area contributed by atoms with Crippen molar-refractivity contribution in [1.29, 1.82) is 0 Å². The summed E-state index contributed by atoms with van der Waals surface area (Å²) in [7, 11) is 0. The molecule has 0 aliphatic carbocycles. The van der Waals surface area contributed by atoms with E-state index in [4.69, 9.17) is 0 Å². The Labute approximate surface area is 125 Å². The maximum atomic E-state index is 11.9. The topological polar surface area (TPSA) is 58.2 Å². The van der Waals surface area contributed by atoms with Crippen LogP contribution in [0, 0.1) is 0 Å². The first-order valence-electron chi connectivity index (χ1n) is 6.89. The number of hydrogen-bond donors (Lipinski definition) is 2. The number of hydrogen-bond acceptors (Lipinski definition) is 2. The molecule has 0 aliphatic heterocycles. The van der Waals surface area contributed by atoms with Crippen LogP contribution < -0.4 is 10.6 Å². The molecule has 4 nitrogen and oxygen atoms in total. The number of allylic oxidation sites excluding steroid dienone is 3. The lowest BCUT2D eigenvalue weighted by Crippen LogP contribution is -2.28. The molecular formula is C17H22N2O2. The number of rotatable bonds is 5. The molecule has 0 heterocycles. The average Bonchev–Trinajstić information content (AvgIpc) is 2.40. The fourth-order valence-corrected chi connectivity index (χ4v) is 1.78. The quantitative estimate of drug-likeness (QED) is 0.809. The van der Waals surface area contributed by atoms with Crippen LogP contribution >= 0.6 is 0 Å². The molecule has 112 valence electrons. The molecule has 21 heavy (non-hydrogen) atoms. The third-order valence-electron chi connectivity index (χ3n) is 2.79. The minimum atomic E-state index is -0.288. The Bertz CT molecular complexity index is 565. The summed E-state index contributed by atoms with van der Waals surface area (Å²) in [5.41, 5.74) is 3.43. The summed E-state index contributed by atoms with van der Waals surface area (Å²) in [4.78, 5) is 23.0. The van der Waals surface area contributed by atoms with E-state index >= 15 is 0 Å². The van der Waals surface area contributed by atoms with Crippen LogP contribution in [0.2, 0.25) is 0 Å². The lowest BCUT2D eigenvalue weighted by atomic mass is 10.1. The van der Waals surface area contributed by atoms with Crippen LogP contribution in [0.3, 0.4) is 0 Å². The first kappa shape index (κ1) is 16.7. The molecule has 0 fully saturated rings. The van der Waals surface area contributed by atoms with E-state index < -0.39 is 0 Å². The zero-order chi connectivity index (χ0) is 15.8. The smallest absolute Gasteiger partial charge is 0.308 e. The Balaban J connectivity index is 2.67. The molecule has 0 saturated heterocycles. The van der Waals surface area contributed by atoms with Gasteiger partial charge in [-0.25, -0.2) is 4.79 Å². The zero-order valence-corrected chi connectivity index (χ0v) is 13.0. The van der Waals surface area contributed by atoms with Gasteiger partial charge in [-0.3, -0.25) is 4.79 Å². The van der Waals surface area contributed by atoms with E-state index in [1.807, 2.05) is 45.1 Å². The number of Topliss-reactive ketones (excluding diaryl/α,β-unsaturated/α-hetero) is 1. The molecule has 0 radical (unpaired) electrons. The zero-order valence-electron chi connectivity index (χ0n) is 13.0. The molecule has 2 amide bonds. The molecule has 0 atom stereocenters. The molecule has 0 spiro atoms. The van der Waals surface area contributed by atoms with E-state index in [1.165, 1.54) is 0 Å². The van der Waals surface area contributed by atoms with Crippen molar-refractivity contribution < 1.29 is 9.59 Å². The summed E-state index contributed by atoms with van der Waals surface area (Å²) in [6.07, 6.45) is 4.14. The molecule has 0 aliphatic rings. The van der Waals surface area contributed by atoms with Gasteiger partial charge in [-0.1, -0.05) is 23.8 Å². The first-order valence-corrected chi connectivity index (χ1v) is 6.89. The number of amides is 2. The highest BCUT2D eigenvalue weighted by molar-refractivity contribution is 5.90. The maximum absolute atomic E-state index is 11.9. The van der Waals surface area contributed by atoms with Gasteiger partial charge in [0.05, 0.1) is 0 Å². The van der Waals surface area contributed by atoms with E-state index in [0.717, 1.165) is 16.8 Å². The number of ketones is 1. The van der Waals surface area contributed by atoms with Gasteiger partial charge in [-0.05, 0) is 51.5 Å². The van der Waals surface area contributed by atoms with Crippen molar-refractivity contribution >= 4 is 17.5 Å². The highest BCUT2D eigenvalue weighted by atomic mass is 16.2. The van der Waals surface area contributed by atoms with E-state index in [-0.39, 0.29) is 11.8 Å². The van der Waals surface area contributed by atoms with E-state index in [1.54, 1.807) is 19.1 Å². The summed E-state index contributed by atoms with van der Waals surface area (Å²) in [5.74, 6) is 0.119. The molecule has 0 aromatic heterocycles. The second kappa shape index (κ2) is 8.04. The number of carbonyl (C=O) groups is 2. The van der Waals surface area contributed by atoms with Crippen LogP contribution in [-0.2, 0) is 11.2 Å². The minimum Gasteiger partial charge on any atom is -0.308 e. The third-order valence-corrected chi connectivity index (χ3v) is 2.79. The van der Waals surface area contributed by atoms with Gasteiger partial charge in [0.15, 0.2) is 0 Å². The lowest BCUT2D eigenvalue weighted by Gasteiger charge is -2.10. The predicted octanol–water partition coefficient (Wildman–Crippen LogP) is 3.81. The summed E-state index contributed by atoms with van der Waals surface area (Å²) in [6.45, 7) is 7.33. The van der Waals surface area contributed by atoms with Gasteiger partial charge in [0, 0.05) is 17.8 Å². The van der Waals surface area contributed by atoms with Crippen molar-refractivity contribution in [3.8, 4) is 0 Å². The standard InChI is InChI=1S/C17H22N2O2/c1-5-6-16(12(2)3)19-17(21)18-15-9-7-14(8-10-15)11-13(4)20/h5-10H,11H2,1-4H3,(H2,18,19,21)/b6-5-. The van der Waals surface area contributed by atoms with Gasteiger partial charge in [-0.15, -0.1) is 0 Å². The molecule has 0 bridgehead atoms. The summed E-state index contributed by atoms with van der Waals surface area (Å²) < 4.78 is 0. The van der Waals surface area contributed by atoms with Crippen LogP contribution in [0.15, 0.2) is 47.7 Å². The van der Waals surface area contributed by atoms with Crippen LogP contribution in [0.1, 0.15) is 33.3 Å². The molecule has 2 N–H and O–H groups in total. The highest BCUT2D eigenvalue weighted by Crippen LogP contribution is 2.11. The Morgan fingerprint density at radius 3 is 2.19 bits per heavy atom. The lowest BCUT2D eigenvalue weighted by molar-refractivity contribution is -0.116. The molecule has 4 heteroatoms. The Hall–Kier alpha value is -2.36. The summed E-state index contributed by atoms with van der Waals surface area (Å²) in [6, 6.07) is 6.96. The van der Waals surface area contributed by atoms with Gasteiger partial charge < -0.3 is 10.6 Å². The monoisotopic (exact) mass is 286 g/mol. The number of anilines is 1.